The van der Waals surface area contributed by atoms with Gasteiger partial charge in [-0.05, 0) is 13.0 Å². The van der Waals surface area contributed by atoms with Gasteiger partial charge in [0.25, 0.3) is 0 Å². The maximum Gasteiger partial charge on any atom is 0.317 e. The van der Waals surface area contributed by atoms with E-state index in [4.69, 9.17) is 9.47 Å². The molecule has 0 aliphatic rings. The van der Waals surface area contributed by atoms with Crippen molar-refractivity contribution in [3.63, 3.8) is 0 Å². The molecule has 7 heteroatoms. The second-order valence-corrected chi connectivity index (χ2v) is 5.62. The summed E-state index contributed by atoms with van der Waals surface area (Å²) < 4.78 is 12.6. The number of hydrogen-bond acceptors (Lipinski definition) is 4. The van der Waals surface area contributed by atoms with Crippen LogP contribution in [0.5, 0.6) is 11.5 Å². The average molecular weight is 332 g/mol. The van der Waals surface area contributed by atoms with E-state index >= 15 is 0 Å². The Morgan fingerprint density at radius 2 is 2.17 bits per heavy atom. The van der Waals surface area contributed by atoms with Crippen LogP contribution in [-0.4, -0.2) is 47.8 Å². The Labute approximate surface area is 142 Å². The van der Waals surface area contributed by atoms with Crippen LogP contribution in [-0.2, 0) is 13.1 Å². The van der Waals surface area contributed by atoms with Crippen molar-refractivity contribution in [3.05, 3.63) is 42.5 Å². The third-order valence-electron chi connectivity index (χ3n) is 3.65. The van der Waals surface area contributed by atoms with Crippen LogP contribution in [0.2, 0.25) is 0 Å². The van der Waals surface area contributed by atoms with Crippen molar-refractivity contribution in [2.75, 3.05) is 21.3 Å². The van der Waals surface area contributed by atoms with Gasteiger partial charge < -0.3 is 24.3 Å². The first-order valence-electron chi connectivity index (χ1n) is 7.72. The molecule has 0 radical (unpaired) electrons. The molecule has 0 spiro atoms. The zero-order valence-corrected chi connectivity index (χ0v) is 14.5. The lowest BCUT2D eigenvalue weighted by Gasteiger charge is -2.23. The number of urea groups is 1. The molecule has 1 aromatic heterocycles. The molecule has 2 aromatic rings. The third-order valence-corrected chi connectivity index (χ3v) is 3.65. The van der Waals surface area contributed by atoms with Gasteiger partial charge in [-0.1, -0.05) is 12.1 Å². The summed E-state index contributed by atoms with van der Waals surface area (Å²) in [5, 5.41) is 2.97. The summed E-state index contributed by atoms with van der Waals surface area (Å²) in [5.74, 6) is 1.29. The van der Waals surface area contributed by atoms with E-state index in [1.807, 2.05) is 35.9 Å². The summed E-state index contributed by atoms with van der Waals surface area (Å²) in [4.78, 5) is 18.0. The standard InChI is InChI=1S/C17H24N4O3/c1-13(10-21-9-8-18-12-21)19-17(22)20(2)11-14-6-5-7-15(23-3)16(14)24-4/h5-9,12-13H,10-11H2,1-4H3,(H,19,22)/t13-/m1/s1. The van der Waals surface area contributed by atoms with E-state index in [2.05, 4.69) is 10.3 Å². The first-order chi connectivity index (χ1) is 11.5. The van der Waals surface area contributed by atoms with E-state index in [1.165, 1.54) is 0 Å². The van der Waals surface area contributed by atoms with Crippen LogP contribution in [0, 0.1) is 0 Å². The van der Waals surface area contributed by atoms with Crippen molar-refractivity contribution >= 4 is 6.03 Å². The second-order valence-electron chi connectivity index (χ2n) is 5.62. The van der Waals surface area contributed by atoms with Crippen LogP contribution in [0.3, 0.4) is 0 Å². The van der Waals surface area contributed by atoms with Crippen LogP contribution < -0.4 is 14.8 Å². The monoisotopic (exact) mass is 332 g/mol. The molecule has 1 heterocycles. The maximum absolute atomic E-state index is 12.4. The zero-order valence-electron chi connectivity index (χ0n) is 14.5. The molecular weight excluding hydrogens is 308 g/mol. The largest absolute Gasteiger partial charge is 0.493 e. The Balaban J connectivity index is 1.96. The average Bonchev–Trinajstić information content (AvgIpc) is 3.07. The molecule has 1 N–H and O–H groups in total. The number of benzene rings is 1. The van der Waals surface area contributed by atoms with Gasteiger partial charge in [-0.3, -0.25) is 0 Å². The highest BCUT2D eigenvalue weighted by atomic mass is 16.5. The maximum atomic E-state index is 12.4. The molecule has 0 saturated carbocycles. The molecule has 2 rings (SSSR count). The lowest BCUT2D eigenvalue weighted by atomic mass is 10.1. The van der Waals surface area contributed by atoms with Crippen LogP contribution in [0.15, 0.2) is 36.9 Å². The molecule has 0 unspecified atom stereocenters. The highest BCUT2D eigenvalue weighted by Crippen LogP contribution is 2.31. The number of hydrogen-bond donors (Lipinski definition) is 1. The van der Waals surface area contributed by atoms with E-state index in [-0.39, 0.29) is 12.1 Å². The predicted octanol–water partition coefficient (Wildman–Crippen LogP) is 2.13. The number of ether oxygens (including phenoxy) is 2. The number of carbonyl (C=O) groups excluding carboxylic acids is 1. The molecule has 2 amide bonds. The van der Waals surface area contributed by atoms with Gasteiger partial charge >= 0.3 is 6.03 Å². The number of nitrogens with one attached hydrogen (secondary N) is 1. The SMILES string of the molecule is COc1cccc(CN(C)C(=O)N[C@H](C)Cn2ccnc2)c1OC. The van der Waals surface area contributed by atoms with E-state index in [0.717, 1.165) is 5.56 Å². The fourth-order valence-corrected chi connectivity index (χ4v) is 2.48. The number of carbonyl (C=O) groups is 1. The number of imidazole rings is 1. The number of para-hydroxylation sites is 1. The summed E-state index contributed by atoms with van der Waals surface area (Å²) in [6.45, 7) is 3.05. The van der Waals surface area contributed by atoms with E-state index in [9.17, 15) is 4.79 Å². The molecule has 130 valence electrons. The highest BCUT2D eigenvalue weighted by molar-refractivity contribution is 5.74. The number of nitrogens with zero attached hydrogens (tertiary/aromatic N) is 3. The molecule has 0 saturated heterocycles. The number of methoxy groups -OCH3 is 2. The summed E-state index contributed by atoms with van der Waals surface area (Å²) in [7, 11) is 4.93. The quantitative estimate of drug-likeness (QED) is 0.843. The van der Waals surface area contributed by atoms with Crippen LogP contribution in [0.25, 0.3) is 0 Å². The van der Waals surface area contributed by atoms with Gasteiger partial charge in [0.2, 0.25) is 0 Å². The summed E-state index contributed by atoms with van der Waals surface area (Å²) >= 11 is 0. The Bertz CT molecular complexity index is 658. The minimum absolute atomic E-state index is 0.0126. The highest BCUT2D eigenvalue weighted by Gasteiger charge is 2.16. The Morgan fingerprint density at radius 1 is 1.38 bits per heavy atom. The van der Waals surface area contributed by atoms with E-state index in [1.54, 1.807) is 38.7 Å². The zero-order chi connectivity index (χ0) is 17.5. The lowest BCUT2D eigenvalue weighted by Crippen LogP contribution is -2.43. The molecule has 7 nitrogen and oxygen atoms in total. The van der Waals surface area contributed by atoms with Crippen LogP contribution in [0.1, 0.15) is 12.5 Å². The Kier molecular flexibility index (Phi) is 6.06. The molecule has 1 aromatic carbocycles. The number of amides is 2. The molecule has 0 aliphatic heterocycles. The molecule has 1 atom stereocenters. The van der Waals surface area contributed by atoms with Gasteiger partial charge in [-0.2, -0.15) is 0 Å². The predicted molar refractivity (Wildman–Crippen MR) is 91.2 cm³/mol. The minimum atomic E-state index is -0.146. The second kappa shape index (κ2) is 8.24. The lowest BCUT2D eigenvalue weighted by molar-refractivity contribution is 0.201. The van der Waals surface area contributed by atoms with Crippen molar-refractivity contribution in [2.24, 2.45) is 0 Å². The summed E-state index contributed by atoms with van der Waals surface area (Å²) in [6, 6.07) is 5.47. The number of aromatic nitrogens is 2. The Morgan fingerprint density at radius 3 is 2.79 bits per heavy atom. The van der Waals surface area contributed by atoms with Crippen molar-refractivity contribution in [1.29, 1.82) is 0 Å². The van der Waals surface area contributed by atoms with Crippen molar-refractivity contribution < 1.29 is 14.3 Å². The smallest absolute Gasteiger partial charge is 0.317 e. The van der Waals surface area contributed by atoms with Crippen molar-refractivity contribution in [2.45, 2.75) is 26.1 Å². The summed E-state index contributed by atoms with van der Waals surface area (Å²) in [6.07, 6.45) is 5.32. The van der Waals surface area contributed by atoms with Gasteiger partial charge in [-0.15, -0.1) is 0 Å². The molecule has 0 fully saturated rings. The molecule has 0 aliphatic carbocycles. The molecule has 24 heavy (non-hydrogen) atoms. The first kappa shape index (κ1) is 17.7. The number of rotatable bonds is 7. The molecular formula is C17H24N4O3. The molecule has 0 bridgehead atoms. The normalized spacial score (nSPS) is 11.7. The Hall–Kier alpha value is -2.70. The third kappa shape index (κ3) is 4.41. The fraction of sp³-hybridized carbons (Fsp3) is 0.412. The minimum Gasteiger partial charge on any atom is -0.493 e. The van der Waals surface area contributed by atoms with Crippen LogP contribution in [0.4, 0.5) is 4.79 Å². The van der Waals surface area contributed by atoms with Gasteiger partial charge in [-0.25, -0.2) is 9.78 Å². The van der Waals surface area contributed by atoms with Crippen molar-refractivity contribution in [1.82, 2.24) is 19.8 Å². The first-order valence-corrected chi connectivity index (χ1v) is 7.72. The van der Waals surface area contributed by atoms with Gasteiger partial charge in [0.1, 0.15) is 0 Å². The van der Waals surface area contributed by atoms with Crippen LogP contribution >= 0.6 is 0 Å². The fourth-order valence-electron chi connectivity index (χ4n) is 2.48. The van der Waals surface area contributed by atoms with Gasteiger partial charge in [0, 0.05) is 37.6 Å². The van der Waals surface area contributed by atoms with E-state index in [0.29, 0.717) is 24.6 Å². The van der Waals surface area contributed by atoms with Gasteiger partial charge in [0.15, 0.2) is 11.5 Å². The van der Waals surface area contributed by atoms with E-state index < -0.39 is 0 Å². The van der Waals surface area contributed by atoms with Gasteiger partial charge in [0.05, 0.1) is 27.1 Å². The summed E-state index contributed by atoms with van der Waals surface area (Å²) in [5.41, 5.74) is 0.886. The topological polar surface area (TPSA) is 68.6 Å². The van der Waals surface area contributed by atoms with Crippen molar-refractivity contribution in [3.8, 4) is 11.5 Å².